The molecule has 0 aromatic carbocycles. The third-order valence-corrected chi connectivity index (χ3v) is 4.25. The standard InChI is InChI=1S/C15H20N2O3/c18-14(19)10-16(9-11-6-7-11)15(20)13-5-2-8-17(13)12-3-1-4-12/h2,5,8,11-12H,1,3-4,6-7,9-10H2,(H,18,19). The van der Waals surface area contributed by atoms with Gasteiger partial charge in [-0.3, -0.25) is 9.59 Å². The van der Waals surface area contributed by atoms with Crippen LogP contribution in [-0.4, -0.2) is 39.5 Å². The number of hydrogen-bond donors (Lipinski definition) is 1. The zero-order chi connectivity index (χ0) is 14.1. The maximum atomic E-state index is 12.6. The molecule has 1 heterocycles. The minimum absolute atomic E-state index is 0.142. The third-order valence-electron chi connectivity index (χ3n) is 4.25. The van der Waals surface area contributed by atoms with E-state index in [2.05, 4.69) is 0 Å². The van der Waals surface area contributed by atoms with Gasteiger partial charge in [0.15, 0.2) is 0 Å². The molecule has 1 N–H and O–H groups in total. The molecule has 0 unspecified atom stereocenters. The molecule has 1 aromatic heterocycles. The van der Waals surface area contributed by atoms with E-state index in [4.69, 9.17) is 5.11 Å². The molecule has 1 amide bonds. The summed E-state index contributed by atoms with van der Waals surface area (Å²) in [6.07, 6.45) is 7.57. The van der Waals surface area contributed by atoms with Crippen molar-refractivity contribution in [1.82, 2.24) is 9.47 Å². The number of carboxylic acids is 1. The van der Waals surface area contributed by atoms with Crippen LogP contribution in [0.4, 0.5) is 0 Å². The van der Waals surface area contributed by atoms with Crippen LogP contribution in [0.3, 0.4) is 0 Å². The predicted octanol–water partition coefficient (Wildman–Crippen LogP) is 2.15. The maximum absolute atomic E-state index is 12.6. The molecule has 2 aliphatic rings. The quantitative estimate of drug-likeness (QED) is 0.866. The highest BCUT2D eigenvalue weighted by Crippen LogP contribution is 2.34. The Bertz CT molecular complexity index is 515. The van der Waals surface area contributed by atoms with Gasteiger partial charge in [0.2, 0.25) is 0 Å². The van der Waals surface area contributed by atoms with E-state index < -0.39 is 5.97 Å². The van der Waals surface area contributed by atoms with Crippen LogP contribution in [0.15, 0.2) is 18.3 Å². The van der Waals surface area contributed by atoms with Crippen LogP contribution in [0.1, 0.15) is 48.6 Å². The second-order valence-corrected chi connectivity index (χ2v) is 5.91. The Morgan fingerprint density at radius 2 is 2.05 bits per heavy atom. The second-order valence-electron chi connectivity index (χ2n) is 5.91. The molecule has 2 saturated carbocycles. The Kier molecular flexibility index (Phi) is 3.51. The monoisotopic (exact) mass is 276 g/mol. The van der Waals surface area contributed by atoms with E-state index in [1.807, 2.05) is 22.9 Å². The highest BCUT2D eigenvalue weighted by atomic mass is 16.4. The molecule has 2 aliphatic carbocycles. The van der Waals surface area contributed by atoms with Crippen LogP contribution in [0, 0.1) is 5.92 Å². The number of rotatable bonds is 6. The average molecular weight is 276 g/mol. The van der Waals surface area contributed by atoms with E-state index in [9.17, 15) is 9.59 Å². The lowest BCUT2D eigenvalue weighted by Crippen LogP contribution is -2.38. The summed E-state index contributed by atoms with van der Waals surface area (Å²) in [5.41, 5.74) is 0.636. The SMILES string of the molecule is O=C(O)CN(CC1CC1)C(=O)c1cccn1C1CCC1. The summed E-state index contributed by atoms with van der Waals surface area (Å²) in [5.74, 6) is -0.595. The molecular formula is C15H20N2O3. The van der Waals surface area contributed by atoms with Crippen molar-refractivity contribution in [1.29, 1.82) is 0 Å². The number of carbonyl (C=O) groups excluding carboxylic acids is 1. The number of aliphatic carboxylic acids is 1. The summed E-state index contributed by atoms with van der Waals surface area (Å²) in [5, 5.41) is 9.00. The summed E-state index contributed by atoms with van der Waals surface area (Å²) in [6, 6.07) is 4.10. The van der Waals surface area contributed by atoms with Crippen LogP contribution < -0.4 is 0 Å². The van der Waals surface area contributed by atoms with Crippen molar-refractivity contribution in [3.63, 3.8) is 0 Å². The van der Waals surface area contributed by atoms with Gasteiger partial charge in [-0.15, -0.1) is 0 Å². The van der Waals surface area contributed by atoms with Crippen molar-refractivity contribution in [3.8, 4) is 0 Å². The lowest BCUT2D eigenvalue weighted by Gasteiger charge is -2.30. The normalized spacial score (nSPS) is 18.6. The molecule has 20 heavy (non-hydrogen) atoms. The molecular weight excluding hydrogens is 256 g/mol. The van der Waals surface area contributed by atoms with Gasteiger partial charge in [-0.1, -0.05) is 0 Å². The molecule has 3 rings (SSSR count). The molecule has 0 atom stereocenters. The summed E-state index contributed by atoms with van der Waals surface area (Å²) >= 11 is 0. The Morgan fingerprint density at radius 3 is 2.60 bits per heavy atom. The first-order chi connectivity index (χ1) is 9.65. The maximum Gasteiger partial charge on any atom is 0.323 e. The summed E-state index contributed by atoms with van der Waals surface area (Å²) in [7, 11) is 0. The molecule has 108 valence electrons. The van der Waals surface area contributed by atoms with Crippen LogP contribution >= 0.6 is 0 Å². The molecule has 5 nitrogen and oxygen atoms in total. The Hall–Kier alpha value is -1.78. The molecule has 0 spiro atoms. The van der Waals surface area contributed by atoms with E-state index in [1.54, 1.807) is 0 Å². The molecule has 0 aliphatic heterocycles. The number of hydrogen-bond acceptors (Lipinski definition) is 2. The molecule has 0 radical (unpaired) electrons. The van der Waals surface area contributed by atoms with Crippen molar-refractivity contribution >= 4 is 11.9 Å². The topological polar surface area (TPSA) is 62.5 Å². The van der Waals surface area contributed by atoms with Crippen molar-refractivity contribution < 1.29 is 14.7 Å². The van der Waals surface area contributed by atoms with Crippen LogP contribution in [0.5, 0.6) is 0 Å². The minimum Gasteiger partial charge on any atom is -0.480 e. The predicted molar refractivity (Wildman–Crippen MR) is 73.6 cm³/mol. The van der Waals surface area contributed by atoms with Gasteiger partial charge in [0.1, 0.15) is 12.2 Å². The number of aromatic nitrogens is 1. The van der Waals surface area contributed by atoms with Crippen molar-refractivity contribution in [2.45, 2.75) is 38.1 Å². The van der Waals surface area contributed by atoms with Gasteiger partial charge in [-0.05, 0) is 50.2 Å². The van der Waals surface area contributed by atoms with E-state index in [1.165, 1.54) is 11.3 Å². The van der Waals surface area contributed by atoms with Gasteiger partial charge in [0.05, 0.1) is 0 Å². The smallest absolute Gasteiger partial charge is 0.323 e. The fraction of sp³-hybridized carbons (Fsp3) is 0.600. The summed E-state index contributed by atoms with van der Waals surface area (Å²) in [4.78, 5) is 25.1. The van der Waals surface area contributed by atoms with E-state index in [0.717, 1.165) is 25.7 Å². The van der Waals surface area contributed by atoms with Gasteiger partial charge in [0, 0.05) is 18.8 Å². The van der Waals surface area contributed by atoms with Gasteiger partial charge in [-0.25, -0.2) is 0 Å². The van der Waals surface area contributed by atoms with Gasteiger partial charge in [-0.2, -0.15) is 0 Å². The largest absolute Gasteiger partial charge is 0.480 e. The van der Waals surface area contributed by atoms with E-state index in [0.29, 0.717) is 24.2 Å². The van der Waals surface area contributed by atoms with Gasteiger partial charge < -0.3 is 14.6 Å². The fourth-order valence-electron chi connectivity index (χ4n) is 2.71. The average Bonchev–Trinajstić information content (AvgIpc) is 3.02. The third kappa shape index (κ3) is 2.71. The highest BCUT2D eigenvalue weighted by Gasteiger charge is 2.31. The van der Waals surface area contributed by atoms with Crippen LogP contribution in [-0.2, 0) is 4.79 Å². The number of carboxylic acid groups (broad SMARTS) is 1. The molecule has 0 saturated heterocycles. The van der Waals surface area contributed by atoms with Crippen molar-refractivity contribution in [2.75, 3.05) is 13.1 Å². The lowest BCUT2D eigenvalue weighted by molar-refractivity contribution is -0.137. The van der Waals surface area contributed by atoms with E-state index >= 15 is 0 Å². The zero-order valence-electron chi connectivity index (χ0n) is 11.5. The first kappa shape index (κ1) is 13.2. The Morgan fingerprint density at radius 1 is 1.30 bits per heavy atom. The number of amides is 1. The fourth-order valence-corrected chi connectivity index (χ4v) is 2.71. The summed E-state index contributed by atoms with van der Waals surface area (Å²) < 4.78 is 2.02. The first-order valence-corrected chi connectivity index (χ1v) is 7.33. The van der Waals surface area contributed by atoms with Gasteiger partial charge in [0.25, 0.3) is 5.91 Å². The lowest BCUT2D eigenvalue weighted by atomic mass is 9.93. The molecule has 5 heteroatoms. The first-order valence-electron chi connectivity index (χ1n) is 7.33. The minimum atomic E-state index is -0.944. The Balaban J connectivity index is 1.77. The van der Waals surface area contributed by atoms with E-state index in [-0.39, 0.29) is 12.5 Å². The zero-order valence-corrected chi connectivity index (χ0v) is 11.5. The number of nitrogens with zero attached hydrogens (tertiary/aromatic N) is 2. The molecule has 1 aromatic rings. The van der Waals surface area contributed by atoms with Crippen LogP contribution in [0.25, 0.3) is 0 Å². The second kappa shape index (κ2) is 5.31. The Labute approximate surface area is 118 Å². The van der Waals surface area contributed by atoms with Crippen LogP contribution in [0.2, 0.25) is 0 Å². The van der Waals surface area contributed by atoms with Gasteiger partial charge >= 0.3 is 5.97 Å². The molecule has 2 fully saturated rings. The van der Waals surface area contributed by atoms with Crippen molar-refractivity contribution in [3.05, 3.63) is 24.0 Å². The molecule has 0 bridgehead atoms. The summed E-state index contributed by atoms with van der Waals surface area (Å²) in [6.45, 7) is 0.367. The highest BCUT2D eigenvalue weighted by molar-refractivity contribution is 5.94. The number of carbonyl (C=O) groups is 2. The van der Waals surface area contributed by atoms with Crippen molar-refractivity contribution in [2.24, 2.45) is 5.92 Å².